The first-order chi connectivity index (χ1) is 6.23. The van der Waals surface area contributed by atoms with E-state index in [9.17, 15) is 4.21 Å². The summed E-state index contributed by atoms with van der Waals surface area (Å²) in [6.45, 7) is 14.1. The minimum absolute atomic E-state index is 0.0757. The molecule has 0 aliphatic carbocycles. The molecule has 0 spiro atoms. The smallest absolute Gasteiger partial charge is 0.101 e. The van der Waals surface area contributed by atoms with Gasteiger partial charge in [0, 0.05) is 11.6 Å². The normalized spacial score (nSPS) is 32.4. The van der Waals surface area contributed by atoms with Crippen molar-refractivity contribution in [1.29, 1.82) is 0 Å². The maximum absolute atomic E-state index is 12.1. The number of nitrogens with zero attached hydrogens (tertiary/aromatic N) is 1. The zero-order valence-corrected chi connectivity index (χ0v) is 10.6. The first-order valence-electron chi connectivity index (χ1n) is 5.05. The van der Waals surface area contributed by atoms with Crippen molar-refractivity contribution in [3.8, 4) is 0 Å². The van der Waals surface area contributed by atoms with E-state index in [2.05, 4.69) is 24.7 Å². The summed E-state index contributed by atoms with van der Waals surface area (Å²) in [5.41, 5.74) is 0.0757. The fraction of sp³-hybridized carbons (Fsp3) is 0.818. The zero-order chi connectivity index (χ0) is 11.1. The summed E-state index contributed by atoms with van der Waals surface area (Å²) in [4.78, 5) is 0. The molecule has 0 bridgehead atoms. The van der Waals surface area contributed by atoms with E-state index in [0.29, 0.717) is 6.04 Å². The van der Waals surface area contributed by atoms with Crippen LogP contribution in [0, 0.1) is 0 Å². The van der Waals surface area contributed by atoms with E-state index < -0.39 is 11.0 Å². The maximum Gasteiger partial charge on any atom is 0.101 e. The van der Waals surface area contributed by atoms with Crippen LogP contribution in [0.25, 0.3) is 0 Å². The van der Waals surface area contributed by atoms with Crippen molar-refractivity contribution < 1.29 is 4.21 Å². The van der Waals surface area contributed by atoms with Crippen LogP contribution in [0.5, 0.6) is 0 Å². The fourth-order valence-electron chi connectivity index (χ4n) is 1.70. The van der Waals surface area contributed by atoms with Crippen LogP contribution in [-0.4, -0.2) is 24.8 Å². The SMILES string of the molecule is C=CC[C@H]1N(S(=O)C(C)(C)C)C1(C)C. The van der Waals surface area contributed by atoms with Gasteiger partial charge in [0.2, 0.25) is 0 Å². The topological polar surface area (TPSA) is 20.1 Å². The Bertz CT molecular complexity index is 265. The summed E-state index contributed by atoms with van der Waals surface area (Å²) in [5, 5.41) is 0. The van der Waals surface area contributed by atoms with Crippen LogP contribution in [0.15, 0.2) is 12.7 Å². The van der Waals surface area contributed by atoms with Crippen molar-refractivity contribution in [2.75, 3.05) is 0 Å². The van der Waals surface area contributed by atoms with E-state index in [4.69, 9.17) is 0 Å². The predicted molar refractivity (Wildman–Crippen MR) is 62.4 cm³/mol. The molecule has 2 unspecified atom stereocenters. The van der Waals surface area contributed by atoms with E-state index in [0.717, 1.165) is 6.42 Å². The molecule has 1 heterocycles. The summed E-state index contributed by atoms with van der Waals surface area (Å²) >= 11 is 0. The number of hydrogen-bond donors (Lipinski definition) is 0. The molecule has 1 rings (SSSR count). The second-order valence-corrected chi connectivity index (χ2v) is 7.50. The van der Waals surface area contributed by atoms with E-state index in [-0.39, 0.29) is 10.3 Å². The van der Waals surface area contributed by atoms with Crippen molar-refractivity contribution in [1.82, 2.24) is 4.31 Å². The van der Waals surface area contributed by atoms with Gasteiger partial charge in [-0.05, 0) is 41.0 Å². The van der Waals surface area contributed by atoms with E-state index in [1.807, 2.05) is 26.8 Å². The van der Waals surface area contributed by atoms with Gasteiger partial charge >= 0.3 is 0 Å². The molecular formula is C11H21NOS. The van der Waals surface area contributed by atoms with Gasteiger partial charge in [-0.25, -0.2) is 8.51 Å². The Labute approximate surface area is 90.0 Å². The average molecular weight is 215 g/mol. The number of hydrogen-bond acceptors (Lipinski definition) is 1. The Kier molecular flexibility index (Phi) is 2.94. The van der Waals surface area contributed by atoms with Gasteiger partial charge in [-0.2, -0.15) is 0 Å². The van der Waals surface area contributed by atoms with Crippen molar-refractivity contribution in [2.45, 2.75) is 57.4 Å². The second-order valence-electron chi connectivity index (χ2n) is 5.38. The first kappa shape index (κ1) is 11.9. The predicted octanol–water partition coefficient (Wildman–Crippen LogP) is 2.49. The Hall–Kier alpha value is -0.150. The average Bonchev–Trinajstić information content (AvgIpc) is 2.51. The van der Waals surface area contributed by atoms with Gasteiger partial charge < -0.3 is 0 Å². The molecule has 3 heteroatoms. The van der Waals surface area contributed by atoms with E-state index in [1.165, 1.54) is 0 Å². The molecular weight excluding hydrogens is 194 g/mol. The molecule has 1 saturated heterocycles. The molecule has 0 aromatic rings. The van der Waals surface area contributed by atoms with Gasteiger partial charge in [-0.3, -0.25) is 0 Å². The van der Waals surface area contributed by atoms with Gasteiger partial charge in [0.1, 0.15) is 11.0 Å². The highest BCUT2D eigenvalue weighted by molar-refractivity contribution is 7.84. The summed E-state index contributed by atoms with van der Waals surface area (Å²) in [6.07, 6.45) is 2.83. The summed E-state index contributed by atoms with van der Waals surface area (Å²) < 4.78 is 14.1. The largest absolute Gasteiger partial charge is 0.242 e. The number of rotatable bonds is 3. The maximum atomic E-state index is 12.1. The first-order valence-corrected chi connectivity index (χ1v) is 6.16. The van der Waals surface area contributed by atoms with Gasteiger partial charge in [-0.1, -0.05) is 6.08 Å². The van der Waals surface area contributed by atoms with Crippen LogP contribution in [0.2, 0.25) is 0 Å². The van der Waals surface area contributed by atoms with Crippen LogP contribution in [-0.2, 0) is 11.0 Å². The lowest BCUT2D eigenvalue weighted by atomic mass is 10.1. The molecule has 1 aliphatic rings. The lowest BCUT2D eigenvalue weighted by molar-refractivity contribution is 0.570. The van der Waals surface area contributed by atoms with E-state index >= 15 is 0 Å². The minimum Gasteiger partial charge on any atom is -0.242 e. The molecule has 1 aliphatic heterocycles. The van der Waals surface area contributed by atoms with Gasteiger partial charge in [0.15, 0.2) is 0 Å². The third-order valence-electron chi connectivity index (χ3n) is 2.69. The fourth-order valence-corrected chi connectivity index (χ4v) is 3.36. The Morgan fingerprint density at radius 2 is 2.00 bits per heavy atom. The van der Waals surface area contributed by atoms with E-state index in [1.54, 1.807) is 0 Å². The highest BCUT2D eigenvalue weighted by Gasteiger charge is 2.59. The van der Waals surface area contributed by atoms with Crippen molar-refractivity contribution in [3.05, 3.63) is 12.7 Å². The van der Waals surface area contributed by atoms with Crippen LogP contribution in [0.3, 0.4) is 0 Å². The molecule has 2 nitrogen and oxygen atoms in total. The molecule has 0 N–H and O–H groups in total. The summed E-state index contributed by atoms with van der Waals surface area (Å²) in [7, 11) is -0.893. The molecule has 0 saturated carbocycles. The van der Waals surface area contributed by atoms with Crippen molar-refractivity contribution >= 4 is 11.0 Å². The molecule has 14 heavy (non-hydrogen) atoms. The van der Waals surface area contributed by atoms with Crippen molar-refractivity contribution in [3.63, 3.8) is 0 Å². The lowest BCUT2D eigenvalue weighted by Gasteiger charge is -2.19. The third kappa shape index (κ3) is 1.94. The Morgan fingerprint density at radius 1 is 1.50 bits per heavy atom. The van der Waals surface area contributed by atoms with Crippen LogP contribution >= 0.6 is 0 Å². The molecule has 0 aromatic carbocycles. The summed E-state index contributed by atoms with van der Waals surface area (Å²) in [6, 6.07) is 0.403. The molecule has 0 amide bonds. The molecule has 0 aromatic heterocycles. The highest BCUT2D eigenvalue weighted by atomic mass is 32.2. The highest BCUT2D eigenvalue weighted by Crippen LogP contribution is 2.46. The van der Waals surface area contributed by atoms with Crippen molar-refractivity contribution in [2.24, 2.45) is 0 Å². The standard InChI is InChI=1S/C11H21NOS/c1-7-8-9-11(5,6)12(9)14(13)10(2,3)4/h7,9H,1,8H2,2-6H3/t9-,12?,14?/m1/s1. The Balaban J connectivity index is 2.74. The van der Waals surface area contributed by atoms with Crippen LogP contribution in [0.1, 0.15) is 41.0 Å². The van der Waals surface area contributed by atoms with Gasteiger partial charge in [-0.15, -0.1) is 6.58 Å². The van der Waals surface area contributed by atoms with Crippen LogP contribution < -0.4 is 0 Å². The zero-order valence-electron chi connectivity index (χ0n) is 9.83. The Morgan fingerprint density at radius 3 is 2.36 bits per heavy atom. The molecule has 1 fully saturated rings. The second kappa shape index (κ2) is 3.46. The van der Waals surface area contributed by atoms with Gasteiger partial charge in [0.05, 0.1) is 4.75 Å². The molecule has 82 valence electrons. The molecule has 0 radical (unpaired) electrons. The summed E-state index contributed by atoms with van der Waals surface area (Å²) in [5.74, 6) is 0. The van der Waals surface area contributed by atoms with Gasteiger partial charge in [0.25, 0.3) is 0 Å². The van der Waals surface area contributed by atoms with Crippen LogP contribution in [0.4, 0.5) is 0 Å². The minimum atomic E-state index is -0.893. The monoisotopic (exact) mass is 215 g/mol. The molecule has 3 atom stereocenters. The third-order valence-corrected chi connectivity index (χ3v) is 4.82. The lowest BCUT2D eigenvalue weighted by Crippen LogP contribution is -2.30. The quantitative estimate of drug-likeness (QED) is 0.523.